The minimum atomic E-state index is -1.97. The van der Waals surface area contributed by atoms with Crippen LogP contribution in [0.15, 0.2) is 54.6 Å². The third kappa shape index (κ3) is 11.3. The van der Waals surface area contributed by atoms with Crippen molar-refractivity contribution in [1.29, 1.82) is 0 Å². The van der Waals surface area contributed by atoms with Gasteiger partial charge in [-0.15, -0.1) is 0 Å². The van der Waals surface area contributed by atoms with E-state index in [4.69, 9.17) is 14.3 Å². The van der Waals surface area contributed by atoms with Crippen LogP contribution < -0.4 is 0 Å². The molecule has 6 nitrogen and oxygen atoms in total. The molecule has 2 aromatic carbocycles. The van der Waals surface area contributed by atoms with E-state index in [1.165, 1.54) is 12.8 Å². The number of hydrogen-bond donors (Lipinski definition) is 2. The van der Waals surface area contributed by atoms with Gasteiger partial charge in [0.25, 0.3) is 0 Å². The van der Waals surface area contributed by atoms with E-state index in [2.05, 4.69) is 47.7 Å². The topological polar surface area (TPSA) is 93.1 Å². The van der Waals surface area contributed by atoms with Gasteiger partial charge in [0.2, 0.25) is 0 Å². The molecule has 0 heterocycles. The largest absolute Gasteiger partial charge is 0.481 e. The number of carbonyl (C=O) groups is 2. The van der Waals surface area contributed by atoms with Crippen molar-refractivity contribution in [1.82, 2.24) is 0 Å². The SMILES string of the molecule is CCCCCC(CC[C@H]1C(O)C[C@H](OC(=O)c2ccc(-c3ccccc3)cc2)[C@]1(C)CCCCCCC(=O)O)O[Si](C)(C)C(C)(C)C. The maximum absolute atomic E-state index is 13.5. The highest BCUT2D eigenvalue weighted by Gasteiger charge is 2.53. The summed E-state index contributed by atoms with van der Waals surface area (Å²) in [5.74, 6) is -1.13. The molecule has 2 unspecified atom stereocenters. The molecule has 0 aliphatic heterocycles. The Bertz CT molecular complexity index is 1240. The molecular weight excluding hydrogens is 605 g/mol. The Balaban J connectivity index is 1.77. The summed E-state index contributed by atoms with van der Waals surface area (Å²) in [5.41, 5.74) is 2.25. The summed E-state index contributed by atoms with van der Waals surface area (Å²) in [6.07, 6.45) is 10.2. The van der Waals surface area contributed by atoms with Crippen molar-refractivity contribution < 1.29 is 29.0 Å². The van der Waals surface area contributed by atoms with Crippen molar-refractivity contribution in [3.8, 4) is 11.1 Å². The number of esters is 1. The van der Waals surface area contributed by atoms with Gasteiger partial charge >= 0.3 is 11.9 Å². The van der Waals surface area contributed by atoms with E-state index in [0.717, 1.165) is 62.5 Å². The zero-order valence-corrected chi connectivity index (χ0v) is 31.2. The number of hydrogen-bond acceptors (Lipinski definition) is 5. The van der Waals surface area contributed by atoms with E-state index >= 15 is 0 Å². The van der Waals surface area contributed by atoms with Crippen LogP contribution in [0.3, 0.4) is 0 Å². The molecule has 5 atom stereocenters. The van der Waals surface area contributed by atoms with Crippen LogP contribution in [0.1, 0.15) is 128 Å². The predicted octanol–water partition coefficient (Wildman–Crippen LogP) is 10.4. The maximum Gasteiger partial charge on any atom is 0.338 e. The molecule has 3 rings (SSSR count). The molecule has 1 aliphatic rings. The molecule has 47 heavy (non-hydrogen) atoms. The Labute approximate surface area is 285 Å². The highest BCUT2D eigenvalue weighted by atomic mass is 28.4. The molecule has 0 aromatic heterocycles. The average Bonchev–Trinajstić information content (AvgIpc) is 3.25. The predicted molar refractivity (Wildman–Crippen MR) is 194 cm³/mol. The Hall–Kier alpha value is -2.48. The number of ether oxygens (including phenoxy) is 1. The molecule has 0 spiro atoms. The molecular formula is C40H62O6Si. The van der Waals surface area contributed by atoms with Gasteiger partial charge in [0.1, 0.15) is 6.10 Å². The van der Waals surface area contributed by atoms with E-state index < -0.39 is 31.9 Å². The molecule has 0 radical (unpaired) electrons. The van der Waals surface area contributed by atoms with Crippen LogP contribution in [0, 0.1) is 11.3 Å². The van der Waals surface area contributed by atoms with Gasteiger partial charge in [-0.05, 0) is 79.4 Å². The number of unbranched alkanes of at least 4 members (excludes halogenated alkanes) is 5. The van der Waals surface area contributed by atoms with Gasteiger partial charge in [0.05, 0.1) is 11.7 Å². The lowest BCUT2D eigenvalue weighted by molar-refractivity contribution is -0.137. The first kappa shape index (κ1) is 39.0. The van der Waals surface area contributed by atoms with Gasteiger partial charge in [-0.1, -0.05) is 116 Å². The molecule has 0 saturated heterocycles. The highest BCUT2D eigenvalue weighted by molar-refractivity contribution is 6.74. The van der Waals surface area contributed by atoms with Crippen molar-refractivity contribution in [2.24, 2.45) is 11.3 Å². The molecule has 1 saturated carbocycles. The number of rotatable bonds is 19. The summed E-state index contributed by atoms with van der Waals surface area (Å²) in [7, 11) is -1.97. The quantitative estimate of drug-likeness (QED) is 0.0880. The van der Waals surface area contributed by atoms with E-state index in [1.807, 2.05) is 54.6 Å². The van der Waals surface area contributed by atoms with Crippen LogP contribution in [0.4, 0.5) is 0 Å². The number of aliphatic hydroxyl groups is 1. The number of carbonyl (C=O) groups excluding carboxylic acids is 1. The van der Waals surface area contributed by atoms with Gasteiger partial charge in [-0.3, -0.25) is 4.79 Å². The lowest BCUT2D eigenvalue weighted by Gasteiger charge is -2.41. The lowest BCUT2D eigenvalue weighted by atomic mass is 9.71. The van der Waals surface area contributed by atoms with Crippen LogP contribution >= 0.6 is 0 Å². The van der Waals surface area contributed by atoms with Crippen molar-refractivity contribution >= 4 is 20.3 Å². The molecule has 0 amide bonds. The summed E-state index contributed by atoms with van der Waals surface area (Å²) < 4.78 is 13.3. The van der Waals surface area contributed by atoms with Crippen LogP contribution in [-0.2, 0) is 14.0 Å². The van der Waals surface area contributed by atoms with E-state index in [9.17, 15) is 14.7 Å². The molecule has 2 aromatic rings. The standard InChI is InChI=1S/C40H62O6Si/c1-8-9-13-20-33(46-47(6,7)39(2,3)4)26-27-34-35(41)29-36(40(34,5)28-17-11-10-16-21-37(42)43)45-38(44)32-24-22-31(23-25-32)30-18-14-12-15-19-30/h12,14-15,18-19,22-25,33-36,41H,8-11,13,16-17,20-21,26-29H2,1-7H3,(H,42,43)/t33?,34-,35?,36-,40+/m0/s1. The van der Waals surface area contributed by atoms with E-state index in [1.54, 1.807) is 0 Å². The van der Waals surface area contributed by atoms with Gasteiger partial charge in [-0.2, -0.15) is 0 Å². The van der Waals surface area contributed by atoms with Gasteiger partial charge in [0, 0.05) is 24.4 Å². The Kier molecular flexibility index (Phi) is 14.7. The van der Waals surface area contributed by atoms with Crippen LogP contribution in [0.2, 0.25) is 18.1 Å². The Morgan fingerprint density at radius 3 is 2.17 bits per heavy atom. The number of carboxylic acid groups (broad SMARTS) is 1. The fourth-order valence-corrected chi connectivity index (χ4v) is 8.41. The third-order valence-corrected chi connectivity index (χ3v) is 15.6. The van der Waals surface area contributed by atoms with Crippen molar-refractivity contribution in [2.75, 3.05) is 0 Å². The smallest absolute Gasteiger partial charge is 0.338 e. The number of carboxylic acids is 1. The summed E-state index contributed by atoms with van der Waals surface area (Å²) in [6.45, 7) is 15.9. The van der Waals surface area contributed by atoms with Crippen LogP contribution in [-0.4, -0.2) is 48.8 Å². The monoisotopic (exact) mass is 666 g/mol. The van der Waals surface area contributed by atoms with Crippen molar-refractivity contribution in [2.45, 2.75) is 155 Å². The van der Waals surface area contributed by atoms with Gasteiger partial charge < -0.3 is 19.4 Å². The fourth-order valence-electron chi connectivity index (χ4n) is 6.99. The second-order valence-corrected chi connectivity index (χ2v) is 20.4. The van der Waals surface area contributed by atoms with E-state index in [0.29, 0.717) is 18.4 Å². The zero-order chi connectivity index (χ0) is 34.7. The average molecular weight is 667 g/mol. The summed E-state index contributed by atoms with van der Waals surface area (Å²) in [6, 6.07) is 17.6. The molecule has 1 aliphatic carbocycles. The summed E-state index contributed by atoms with van der Waals surface area (Å²) >= 11 is 0. The maximum atomic E-state index is 13.5. The van der Waals surface area contributed by atoms with E-state index in [-0.39, 0.29) is 29.5 Å². The third-order valence-electron chi connectivity index (χ3n) is 11.0. The zero-order valence-electron chi connectivity index (χ0n) is 30.2. The summed E-state index contributed by atoms with van der Waals surface area (Å²) in [4.78, 5) is 24.5. The van der Waals surface area contributed by atoms with Crippen molar-refractivity contribution in [3.63, 3.8) is 0 Å². The van der Waals surface area contributed by atoms with Crippen molar-refractivity contribution in [3.05, 3.63) is 60.2 Å². The van der Waals surface area contributed by atoms with Crippen LogP contribution in [0.5, 0.6) is 0 Å². The Morgan fingerprint density at radius 2 is 1.55 bits per heavy atom. The molecule has 2 N–H and O–H groups in total. The second-order valence-electron chi connectivity index (χ2n) is 15.6. The van der Waals surface area contributed by atoms with Crippen LogP contribution in [0.25, 0.3) is 11.1 Å². The highest BCUT2D eigenvalue weighted by Crippen LogP contribution is 2.51. The fraction of sp³-hybridized carbons (Fsp3) is 0.650. The summed E-state index contributed by atoms with van der Waals surface area (Å²) in [5, 5.41) is 20.7. The molecule has 0 bridgehead atoms. The first-order valence-corrected chi connectivity index (χ1v) is 21.0. The number of aliphatic carboxylic acids is 1. The lowest BCUT2D eigenvalue weighted by Crippen LogP contribution is -2.44. The minimum Gasteiger partial charge on any atom is -0.481 e. The molecule has 262 valence electrons. The van der Waals surface area contributed by atoms with Gasteiger partial charge in [0.15, 0.2) is 8.32 Å². The number of benzene rings is 2. The normalized spacial score (nSPS) is 22.3. The number of aliphatic hydroxyl groups excluding tert-OH is 1. The molecule has 7 heteroatoms. The first-order valence-electron chi connectivity index (χ1n) is 18.1. The minimum absolute atomic E-state index is 0.0172. The first-order chi connectivity index (χ1) is 22.2. The molecule has 1 fully saturated rings. The Morgan fingerprint density at radius 1 is 0.915 bits per heavy atom. The second kappa shape index (κ2) is 17.8. The van der Waals surface area contributed by atoms with Gasteiger partial charge in [-0.25, -0.2) is 4.79 Å².